The van der Waals surface area contributed by atoms with Crippen molar-refractivity contribution in [1.29, 1.82) is 0 Å². The van der Waals surface area contributed by atoms with Gasteiger partial charge in [-0.05, 0) is 37.6 Å². The van der Waals surface area contributed by atoms with Crippen LogP contribution in [-0.4, -0.2) is 40.8 Å². The average molecular weight is 353 g/mol. The Kier molecular flexibility index (Phi) is 4.71. The maximum absolute atomic E-state index is 12.3. The summed E-state index contributed by atoms with van der Waals surface area (Å²) in [5.41, 5.74) is 1.72. The van der Waals surface area contributed by atoms with Gasteiger partial charge in [-0.25, -0.2) is 4.98 Å². The molecule has 0 unspecified atom stereocenters. The number of carbonyl (C=O) groups is 3. The van der Waals surface area contributed by atoms with Crippen molar-refractivity contribution in [2.24, 2.45) is 0 Å². The predicted molar refractivity (Wildman–Crippen MR) is 94.0 cm³/mol. The van der Waals surface area contributed by atoms with E-state index in [-0.39, 0.29) is 30.0 Å². The summed E-state index contributed by atoms with van der Waals surface area (Å²) in [6.07, 6.45) is 1.68. The number of ether oxygens (including phenoxy) is 1. The summed E-state index contributed by atoms with van der Waals surface area (Å²) in [5.74, 6) is -0.553. The fourth-order valence-electron chi connectivity index (χ4n) is 2.61. The van der Waals surface area contributed by atoms with E-state index in [1.54, 1.807) is 12.3 Å². The van der Waals surface area contributed by atoms with E-state index in [4.69, 9.17) is 4.74 Å². The number of fused-ring (bicyclic) bond motifs is 1. The van der Waals surface area contributed by atoms with E-state index in [2.05, 4.69) is 10.3 Å². The molecule has 0 aliphatic carbocycles. The first kappa shape index (κ1) is 17.6. The van der Waals surface area contributed by atoms with Crippen molar-refractivity contribution in [2.75, 3.05) is 7.05 Å². The van der Waals surface area contributed by atoms with Crippen LogP contribution in [0.4, 0.5) is 0 Å². The Morgan fingerprint density at radius 1 is 1.15 bits per heavy atom. The first-order valence-corrected chi connectivity index (χ1v) is 8.23. The summed E-state index contributed by atoms with van der Waals surface area (Å²) in [6.45, 7) is 4.13. The van der Waals surface area contributed by atoms with Crippen LogP contribution in [0.3, 0.4) is 0 Å². The van der Waals surface area contributed by atoms with E-state index in [0.29, 0.717) is 17.0 Å². The molecule has 0 fully saturated rings. The van der Waals surface area contributed by atoms with Gasteiger partial charge in [-0.2, -0.15) is 0 Å². The molecular weight excluding hydrogens is 334 g/mol. The van der Waals surface area contributed by atoms with Gasteiger partial charge < -0.3 is 10.1 Å². The van der Waals surface area contributed by atoms with E-state index in [9.17, 15) is 14.4 Å². The lowest BCUT2D eigenvalue weighted by molar-refractivity contribution is 0.0693. The van der Waals surface area contributed by atoms with Gasteiger partial charge in [-0.3, -0.25) is 19.3 Å². The highest BCUT2D eigenvalue weighted by Crippen LogP contribution is 2.22. The average Bonchev–Trinajstić information content (AvgIpc) is 2.84. The molecule has 1 N–H and O–H groups in total. The topological polar surface area (TPSA) is 88.6 Å². The second-order valence-electron chi connectivity index (χ2n) is 6.28. The third-order valence-corrected chi connectivity index (χ3v) is 3.96. The molecule has 26 heavy (non-hydrogen) atoms. The van der Waals surface area contributed by atoms with Gasteiger partial charge in [0.25, 0.3) is 17.7 Å². The van der Waals surface area contributed by atoms with Gasteiger partial charge in [0.15, 0.2) is 0 Å². The Morgan fingerprint density at radius 3 is 2.54 bits per heavy atom. The number of carbonyl (C=O) groups excluding carboxylic acids is 3. The maximum atomic E-state index is 12.3. The monoisotopic (exact) mass is 353 g/mol. The van der Waals surface area contributed by atoms with Crippen LogP contribution in [0.15, 0.2) is 36.5 Å². The van der Waals surface area contributed by atoms with Crippen LogP contribution in [0.1, 0.15) is 50.5 Å². The molecule has 7 nitrogen and oxygen atoms in total. The first-order chi connectivity index (χ1) is 12.4. The van der Waals surface area contributed by atoms with Crippen LogP contribution >= 0.6 is 0 Å². The van der Waals surface area contributed by atoms with Crippen molar-refractivity contribution in [1.82, 2.24) is 15.2 Å². The second-order valence-corrected chi connectivity index (χ2v) is 6.28. The van der Waals surface area contributed by atoms with Gasteiger partial charge in [-0.1, -0.05) is 6.07 Å². The molecule has 1 aliphatic rings. The summed E-state index contributed by atoms with van der Waals surface area (Å²) in [5, 5.41) is 2.77. The van der Waals surface area contributed by atoms with Crippen molar-refractivity contribution < 1.29 is 19.1 Å². The number of hydrogen-bond donors (Lipinski definition) is 1. The number of amides is 3. The zero-order valence-electron chi connectivity index (χ0n) is 14.8. The van der Waals surface area contributed by atoms with Crippen LogP contribution in [0.25, 0.3) is 0 Å². The minimum atomic E-state index is -0.399. The molecule has 0 spiro atoms. The van der Waals surface area contributed by atoms with Crippen LogP contribution in [-0.2, 0) is 6.54 Å². The van der Waals surface area contributed by atoms with Gasteiger partial charge in [0.1, 0.15) is 0 Å². The number of rotatable bonds is 5. The summed E-state index contributed by atoms with van der Waals surface area (Å²) < 4.78 is 5.47. The molecule has 2 aromatic rings. The van der Waals surface area contributed by atoms with Crippen LogP contribution in [0.2, 0.25) is 0 Å². The number of nitrogens with one attached hydrogen (secondary N) is 1. The highest BCUT2D eigenvalue weighted by molar-refractivity contribution is 6.21. The Hall–Kier alpha value is -3.22. The fraction of sp³-hybridized carbons (Fsp3) is 0.263. The second kappa shape index (κ2) is 6.95. The molecule has 0 radical (unpaired) electrons. The zero-order valence-corrected chi connectivity index (χ0v) is 14.8. The van der Waals surface area contributed by atoms with Crippen LogP contribution in [0.5, 0.6) is 5.88 Å². The molecule has 7 heteroatoms. The predicted octanol–water partition coefficient (Wildman–Crippen LogP) is 2.02. The quantitative estimate of drug-likeness (QED) is 0.831. The number of benzene rings is 1. The molecule has 0 atom stereocenters. The van der Waals surface area contributed by atoms with E-state index in [1.165, 1.54) is 25.2 Å². The lowest BCUT2D eigenvalue weighted by atomic mass is 10.1. The number of aromatic nitrogens is 1. The third kappa shape index (κ3) is 3.42. The number of imide groups is 1. The van der Waals surface area contributed by atoms with Gasteiger partial charge in [-0.15, -0.1) is 0 Å². The van der Waals surface area contributed by atoms with Gasteiger partial charge in [0, 0.05) is 31.4 Å². The van der Waals surface area contributed by atoms with E-state index < -0.39 is 5.91 Å². The molecule has 3 rings (SSSR count). The minimum Gasteiger partial charge on any atom is -0.475 e. The normalized spacial score (nSPS) is 13.2. The standard InChI is InChI=1S/C19H19N3O4/c1-11(2)26-16-7-4-12(9-20-16)10-21-17(23)13-5-6-14-15(8-13)19(25)22(3)18(14)24/h4-9,11H,10H2,1-3H3,(H,21,23). The van der Waals surface area contributed by atoms with Crippen molar-refractivity contribution in [3.63, 3.8) is 0 Å². The SMILES string of the molecule is CC(C)Oc1ccc(CNC(=O)c2ccc3c(c2)C(=O)N(C)C3=O)cn1. The molecule has 2 heterocycles. The lowest BCUT2D eigenvalue weighted by Gasteiger charge is -2.09. The highest BCUT2D eigenvalue weighted by atomic mass is 16.5. The third-order valence-electron chi connectivity index (χ3n) is 3.96. The van der Waals surface area contributed by atoms with E-state index >= 15 is 0 Å². The van der Waals surface area contributed by atoms with E-state index in [0.717, 1.165) is 10.5 Å². The largest absolute Gasteiger partial charge is 0.475 e. The van der Waals surface area contributed by atoms with Crippen molar-refractivity contribution >= 4 is 17.7 Å². The zero-order chi connectivity index (χ0) is 18.8. The Morgan fingerprint density at radius 2 is 1.88 bits per heavy atom. The fourth-order valence-corrected chi connectivity index (χ4v) is 2.61. The maximum Gasteiger partial charge on any atom is 0.261 e. The number of nitrogens with zero attached hydrogens (tertiary/aromatic N) is 2. The van der Waals surface area contributed by atoms with Crippen LogP contribution in [0, 0.1) is 0 Å². The number of hydrogen-bond acceptors (Lipinski definition) is 5. The van der Waals surface area contributed by atoms with Gasteiger partial charge in [0.2, 0.25) is 5.88 Å². The Balaban J connectivity index is 1.66. The molecular formula is C19H19N3O4. The lowest BCUT2D eigenvalue weighted by Crippen LogP contribution is -2.24. The minimum absolute atomic E-state index is 0.0431. The van der Waals surface area contributed by atoms with Crippen molar-refractivity contribution in [3.05, 3.63) is 58.8 Å². The summed E-state index contributed by atoms with van der Waals surface area (Å²) in [7, 11) is 1.42. The van der Waals surface area contributed by atoms with Crippen molar-refractivity contribution in [3.8, 4) is 5.88 Å². The Bertz CT molecular complexity index is 875. The molecule has 1 aromatic heterocycles. The summed E-state index contributed by atoms with van der Waals surface area (Å²) in [4.78, 5) is 41.5. The molecule has 134 valence electrons. The molecule has 0 bridgehead atoms. The molecule has 1 aromatic carbocycles. The summed E-state index contributed by atoms with van der Waals surface area (Å²) in [6, 6.07) is 8.07. The molecule has 3 amide bonds. The Labute approximate surface area is 151 Å². The van der Waals surface area contributed by atoms with Crippen LogP contribution < -0.4 is 10.1 Å². The smallest absolute Gasteiger partial charge is 0.261 e. The van der Waals surface area contributed by atoms with Gasteiger partial charge >= 0.3 is 0 Å². The highest BCUT2D eigenvalue weighted by Gasteiger charge is 2.33. The van der Waals surface area contributed by atoms with Gasteiger partial charge in [0.05, 0.1) is 17.2 Å². The van der Waals surface area contributed by atoms with Crippen molar-refractivity contribution in [2.45, 2.75) is 26.5 Å². The molecule has 1 aliphatic heterocycles. The van der Waals surface area contributed by atoms with E-state index in [1.807, 2.05) is 19.9 Å². The summed E-state index contributed by atoms with van der Waals surface area (Å²) >= 11 is 0. The first-order valence-electron chi connectivity index (χ1n) is 8.23. The number of pyridine rings is 1. The molecule has 0 saturated heterocycles. The molecule has 0 saturated carbocycles.